The SMILES string of the molecule is O=C(C[C@@H]1CN2CCC1CC2)N1CCc2cc(F)ccc2[C@@H]1c1ccccc1. The third kappa shape index (κ3) is 3.24. The van der Waals surface area contributed by atoms with Crippen molar-refractivity contribution >= 4 is 5.91 Å². The van der Waals surface area contributed by atoms with E-state index in [-0.39, 0.29) is 17.8 Å². The molecule has 0 spiro atoms. The summed E-state index contributed by atoms with van der Waals surface area (Å²) in [7, 11) is 0. The van der Waals surface area contributed by atoms with E-state index in [0.717, 1.165) is 29.7 Å². The van der Waals surface area contributed by atoms with Gasteiger partial charge in [0.25, 0.3) is 0 Å². The normalized spacial score (nSPS) is 28.8. The maximum absolute atomic E-state index is 13.8. The molecule has 0 saturated carbocycles. The summed E-state index contributed by atoms with van der Waals surface area (Å²) in [5, 5.41) is 0. The second-order valence-electron chi connectivity index (χ2n) is 8.60. The predicted molar refractivity (Wildman–Crippen MR) is 107 cm³/mol. The summed E-state index contributed by atoms with van der Waals surface area (Å²) in [5.74, 6) is 1.25. The van der Waals surface area contributed by atoms with Crippen molar-refractivity contribution in [3.63, 3.8) is 0 Å². The quantitative estimate of drug-likeness (QED) is 0.805. The van der Waals surface area contributed by atoms with Crippen LogP contribution in [0.1, 0.15) is 42.0 Å². The van der Waals surface area contributed by atoms with Crippen LogP contribution in [-0.4, -0.2) is 41.9 Å². The van der Waals surface area contributed by atoms with E-state index in [1.165, 1.54) is 32.0 Å². The van der Waals surface area contributed by atoms with Gasteiger partial charge in [-0.05, 0) is 73.0 Å². The van der Waals surface area contributed by atoms with Crippen LogP contribution in [0.2, 0.25) is 0 Å². The van der Waals surface area contributed by atoms with Crippen LogP contribution in [0.4, 0.5) is 4.39 Å². The van der Waals surface area contributed by atoms with Gasteiger partial charge in [-0.25, -0.2) is 4.39 Å². The van der Waals surface area contributed by atoms with E-state index in [4.69, 9.17) is 0 Å². The molecule has 3 saturated heterocycles. The number of carbonyl (C=O) groups excluding carboxylic acids is 1. The number of carbonyl (C=O) groups is 1. The summed E-state index contributed by atoms with van der Waals surface area (Å²) in [5.41, 5.74) is 3.21. The highest BCUT2D eigenvalue weighted by Crippen LogP contribution is 2.38. The molecule has 2 aromatic carbocycles. The number of rotatable bonds is 3. The molecule has 0 unspecified atom stereocenters. The van der Waals surface area contributed by atoms with Crippen LogP contribution in [0.3, 0.4) is 0 Å². The Morgan fingerprint density at radius 1 is 1.04 bits per heavy atom. The van der Waals surface area contributed by atoms with Crippen LogP contribution in [0.25, 0.3) is 0 Å². The number of halogens is 1. The lowest BCUT2D eigenvalue weighted by Crippen LogP contribution is -2.49. The van der Waals surface area contributed by atoms with E-state index in [1.807, 2.05) is 29.2 Å². The van der Waals surface area contributed by atoms with Gasteiger partial charge in [-0.2, -0.15) is 0 Å². The first-order valence-corrected chi connectivity index (χ1v) is 10.5. The summed E-state index contributed by atoms with van der Waals surface area (Å²) in [6.07, 6.45) is 3.84. The number of piperidine rings is 3. The van der Waals surface area contributed by atoms with Crippen molar-refractivity contribution in [3.05, 3.63) is 71.0 Å². The van der Waals surface area contributed by atoms with Crippen molar-refractivity contribution in [2.75, 3.05) is 26.2 Å². The molecule has 4 aliphatic heterocycles. The van der Waals surface area contributed by atoms with Crippen LogP contribution in [0.5, 0.6) is 0 Å². The lowest BCUT2D eigenvalue weighted by Gasteiger charge is -2.46. The third-order valence-corrected chi connectivity index (χ3v) is 7.00. The van der Waals surface area contributed by atoms with Gasteiger partial charge in [-0.3, -0.25) is 4.79 Å². The Labute approximate surface area is 166 Å². The minimum Gasteiger partial charge on any atom is -0.331 e. The molecule has 4 heterocycles. The van der Waals surface area contributed by atoms with Crippen molar-refractivity contribution < 1.29 is 9.18 Å². The Kier molecular flexibility index (Phi) is 4.67. The summed E-state index contributed by atoms with van der Waals surface area (Å²) in [6.45, 7) is 4.13. The highest BCUT2D eigenvalue weighted by Gasteiger charge is 2.38. The number of hydrogen-bond acceptors (Lipinski definition) is 2. The van der Waals surface area contributed by atoms with Gasteiger partial charge >= 0.3 is 0 Å². The zero-order valence-corrected chi connectivity index (χ0v) is 16.2. The molecule has 3 fully saturated rings. The summed E-state index contributed by atoms with van der Waals surface area (Å²) in [4.78, 5) is 18.0. The van der Waals surface area contributed by atoms with Gasteiger partial charge in [0.05, 0.1) is 6.04 Å². The lowest BCUT2D eigenvalue weighted by molar-refractivity contribution is -0.136. The van der Waals surface area contributed by atoms with E-state index >= 15 is 0 Å². The molecular weight excluding hydrogens is 351 g/mol. The molecule has 3 nitrogen and oxygen atoms in total. The predicted octanol–water partition coefficient (Wildman–Crippen LogP) is 4.03. The number of benzene rings is 2. The molecule has 0 aromatic heterocycles. The Balaban J connectivity index is 1.44. The molecule has 4 heteroatoms. The van der Waals surface area contributed by atoms with Crippen LogP contribution in [-0.2, 0) is 11.2 Å². The standard InChI is InChI=1S/C24H27FN2O/c25-21-6-7-22-19(14-21)10-13-27(24(22)18-4-2-1-3-5-18)23(28)15-20-16-26-11-8-17(20)9-12-26/h1-7,14,17,20,24H,8-13,15-16H2/t20-,24+/m1/s1. The first kappa shape index (κ1) is 17.9. The van der Waals surface area contributed by atoms with Crippen LogP contribution in [0.15, 0.2) is 48.5 Å². The highest BCUT2D eigenvalue weighted by molar-refractivity contribution is 5.78. The van der Waals surface area contributed by atoms with E-state index in [2.05, 4.69) is 17.0 Å². The second-order valence-corrected chi connectivity index (χ2v) is 8.60. The Bertz CT molecular complexity index is 860. The Morgan fingerprint density at radius 2 is 1.82 bits per heavy atom. The van der Waals surface area contributed by atoms with E-state index in [0.29, 0.717) is 24.8 Å². The van der Waals surface area contributed by atoms with Gasteiger partial charge in [0, 0.05) is 19.5 Å². The lowest BCUT2D eigenvalue weighted by atomic mass is 9.77. The zero-order valence-electron chi connectivity index (χ0n) is 16.2. The average Bonchev–Trinajstić information content (AvgIpc) is 2.74. The molecule has 4 aliphatic rings. The van der Waals surface area contributed by atoms with E-state index < -0.39 is 0 Å². The van der Waals surface area contributed by atoms with Crippen molar-refractivity contribution in [2.45, 2.75) is 31.7 Å². The molecule has 28 heavy (non-hydrogen) atoms. The van der Waals surface area contributed by atoms with Crippen molar-refractivity contribution in [2.24, 2.45) is 11.8 Å². The van der Waals surface area contributed by atoms with E-state index in [9.17, 15) is 9.18 Å². The van der Waals surface area contributed by atoms with Crippen molar-refractivity contribution in [3.8, 4) is 0 Å². The maximum Gasteiger partial charge on any atom is 0.223 e. The number of hydrogen-bond donors (Lipinski definition) is 0. The summed E-state index contributed by atoms with van der Waals surface area (Å²) in [6, 6.07) is 15.1. The topological polar surface area (TPSA) is 23.6 Å². The monoisotopic (exact) mass is 378 g/mol. The molecule has 0 radical (unpaired) electrons. The smallest absolute Gasteiger partial charge is 0.223 e. The maximum atomic E-state index is 13.8. The molecule has 0 N–H and O–H groups in total. The summed E-state index contributed by atoms with van der Waals surface area (Å²) >= 11 is 0. The number of nitrogens with zero attached hydrogens (tertiary/aromatic N) is 2. The molecule has 2 atom stereocenters. The highest BCUT2D eigenvalue weighted by atomic mass is 19.1. The van der Waals surface area contributed by atoms with Gasteiger partial charge in [-0.15, -0.1) is 0 Å². The zero-order chi connectivity index (χ0) is 19.1. The average molecular weight is 378 g/mol. The molecule has 146 valence electrons. The number of amides is 1. The van der Waals surface area contributed by atoms with Gasteiger partial charge < -0.3 is 9.80 Å². The first-order chi connectivity index (χ1) is 13.7. The van der Waals surface area contributed by atoms with Crippen LogP contribution in [0, 0.1) is 17.7 Å². The van der Waals surface area contributed by atoms with Crippen LogP contribution >= 0.6 is 0 Å². The Morgan fingerprint density at radius 3 is 2.54 bits per heavy atom. The van der Waals surface area contributed by atoms with Gasteiger partial charge in [-0.1, -0.05) is 36.4 Å². The second kappa shape index (κ2) is 7.32. The number of fused-ring (bicyclic) bond motifs is 4. The van der Waals surface area contributed by atoms with Gasteiger partial charge in [0.15, 0.2) is 0 Å². The minimum absolute atomic E-state index is 0.112. The molecule has 2 bridgehead atoms. The van der Waals surface area contributed by atoms with E-state index in [1.54, 1.807) is 6.07 Å². The first-order valence-electron chi connectivity index (χ1n) is 10.5. The third-order valence-electron chi connectivity index (χ3n) is 7.00. The molecule has 6 rings (SSSR count). The Hall–Kier alpha value is -2.20. The minimum atomic E-state index is -0.197. The van der Waals surface area contributed by atoms with Gasteiger partial charge in [0.1, 0.15) is 5.82 Å². The van der Waals surface area contributed by atoms with Crippen molar-refractivity contribution in [1.82, 2.24) is 9.80 Å². The fourth-order valence-electron chi connectivity index (χ4n) is 5.52. The molecular formula is C24H27FN2O. The van der Waals surface area contributed by atoms with Crippen molar-refractivity contribution in [1.29, 1.82) is 0 Å². The largest absolute Gasteiger partial charge is 0.331 e. The summed E-state index contributed by atoms with van der Waals surface area (Å²) < 4.78 is 13.8. The fraction of sp³-hybridized carbons (Fsp3) is 0.458. The molecule has 1 amide bonds. The molecule has 2 aromatic rings. The van der Waals surface area contributed by atoms with Crippen LogP contribution < -0.4 is 0 Å². The fourth-order valence-corrected chi connectivity index (χ4v) is 5.52. The molecule has 0 aliphatic carbocycles. The van der Waals surface area contributed by atoms with Gasteiger partial charge in [0.2, 0.25) is 5.91 Å².